The van der Waals surface area contributed by atoms with Gasteiger partial charge >= 0.3 is 0 Å². The molecule has 0 radical (unpaired) electrons. The Morgan fingerprint density at radius 1 is 1.12 bits per heavy atom. The van der Waals surface area contributed by atoms with Crippen LogP contribution in [0.15, 0.2) is 65.4 Å². The minimum absolute atomic E-state index is 0.286. The number of thiophene rings is 1. The van der Waals surface area contributed by atoms with E-state index in [4.69, 9.17) is 4.52 Å². The lowest BCUT2D eigenvalue weighted by Crippen LogP contribution is -2.03. The van der Waals surface area contributed by atoms with Gasteiger partial charge in [-0.2, -0.15) is 0 Å². The molecule has 0 aliphatic rings. The lowest BCUT2D eigenvalue weighted by Gasteiger charge is -2.12. The fourth-order valence-corrected chi connectivity index (χ4v) is 3.70. The molecule has 0 aliphatic carbocycles. The van der Waals surface area contributed by atoms with Crippen molar-refractivity contribution in [2.45, 2.75) is 13.0 Å². The summed E-state index contributed by atoms with van der Waals surface area (Å²) >= 11 is 1.53. The molecule has 6 heteroatoms. The number of rotatable bonds is 4. The first-order valence-corrected chi connectivity index (χ1v) is 8.86. The van der Waals surface area contributed by atoms with Crippen LogP contribution in [-0.4, -0.2) is 15.2 Å². The molecule has 1 N–H and O–H groups in total. The Hall–Kier alpha value is -2.83. The molecule has 4 aromatic rings. The number of nitrogens with zero attached hydrogens (tertiary/aromatic N) is 2. The quantitative estimate of drug-likeness (QED) is 0.552. The minimum atomic E-state index is -1.04. The molecule has 0 saturated heterocycles. The molecule has 1 unspecified atom stereocenters. The topological polar surface area (TPSA) is 59.2 Å². The molecule has 0 bridgehead atoms. The number of aliphatic hydroxyl groups excluding tert-OH is 1. The predicted molar refractivity (Wildman–Crippen MR) is 98.2 cm³/mol. The summed E-state index contributed by atoms with van der Waals surface area (Å²) in [6, 6.07) is 13.7. The number of hydrogen-bond acceptors (Lipinski definition) is 5. The van der Waals surface area contributed by atoms with Gasteiger partial charge in [0.25, 0.3) is 0 Å². The number of hydrogen-bond donors (Lipinski definition) is 1. The number of aliphatic hydroxyl groups is 1. The summed E-state index contributed by atoms with van der Waals surface area (Å²) in [4.78, 5) is 5.99. The number of aryl methyl sites for hydroxylation is 1. The lowest BCUT2D eigenvalue weighted by atomic mass is 9.96. The van der Waals surface area contributed by atoms with E-state index >= 15 is 0 Å². The van der Waals surface area contributed by atoms with Crippen LogP contribution in [0, 0.1) is 12.7 Å². The standard InChI is InChI=1S/C20H15FN2O2S/c1-12-8-9-16(26-12)20-17(19(24)13-5-4-10-22-11-13)18(23-25-20)14-6-2-3-7-15(14)21/h2-11,19,24H,1H3. The van der Waals surface area contributed by atoms with E-state index in [2.05, 4.69) is 10.1 Å². The second-order valence-corrected chi connectivity index (χ2v) is 7.14. The average molecular weight is 366 g/mol. The van der Waals surface area contributed by atoms with Gasteiger partial charge in [0, 0.05) is 28.4 Å². The van der Waals surface area contributed by atoms with Gasteiger partial charge in [0.2, 0.25) is 0 Å². The number of pyridine rings is 1. The smallest absolute Gasteiger partial charge is 0.183 e. The molecule has 3 heterocycles. The van der Waals surface area contributed by atoms with Crippen molar-refractivity contribution >= 4 is 11.3 Å². The molecule has 4 nitrogen and oxygen atoms in total. The molecule has 0 spiro atoms. The van der Waals surface area contributed by atoms with E-state index in [1.54, 1.807) is 42.7 Å². The largest absolute Gasteiger partial charge is 0.383 e. The van der Waals surface area contributed by atoms with Gasteiger partial charge in [0.15, 0.2) is 5.76 Å². The maximum absolute atomic E-state index is 14.4. The summed E-state index contributed by atoms with van der Waals surface area (Å²) < 4.78 is 19.9. The van der Waals surface area contributed by atoms with Crippen LogP contribution in [0.1, 0.15) is 22.1 Å². The Morgan fingerprint density at radius 3 is 2.65 bits per heavy atom. The number of aromatic nitrogens is 2. The van der Waals surface area contributed by atoms with Crippen LogP contribution in [0.5, 0.6) is 0 Å². The molecule has 1 atom stereocenters. The molecule has 0 aliphatic heterocycles. The highest BCUT2D eigenvalue weighted by Crippen LogP contribution is 2.41. The molecule has 4 rings (SSSR count). The summed E-state index contributed by atoms with van der Waals surface area (Å²) in [6.45, 7) is 1.99. The second-order valence-electron chi connectivity index (χ2n) is 5.85. The van der Waals surface area contributed by atoms with Crippen LogP contribution in [-0.2, 0) is 0 Å². The average Bonchev–Trinajstić information content (AvgIpc) is 3.28. The van der Waals surface area contributed by atoms with Crippen molar-refractivity contribution in [2.24, 2.45) is 0 Å². The van der Waals surface area contributed by atoms with E-state index in [-0.39, 0.29) is 5.56 Å². The third-order valence-corrected chi connectivity index (χ3v) is 5.09. The SMILES string of the molecule is Cc1ccc(-c2onc(-c3ccccc3F)c2C(O)c2cccnc2)s1. The van der Waals surface area contributed by atoms with E-state index in [1.807, 2.05) is 19.1 Å². The monoisotopic (exact) mass is 366 g/mol. The number of benzene rings is 1. The van der Waals surface area contributed by atoms with Crippen molar-refractivity contribution in [1.82, 2.24) is 10.1 Å². The van der Waals surface area contributed by atoms with Crippen LogP contribution in [0.2, 0.25) is 0 Å². The van der Waals surface area contributed by atoms with Crippen LogP contribution in [0.4, 0.5) is 4.39 Å². The zero-order valence-electron chi connectivity index (χ0n) is 13.9. The normalized spacial score (nSPS) is 12.3. The first-order valence-electron chi connectivity index (χ1n) is 8.04. The zero-order valence-corrected chi connectivity index (χ0v) is 14.7. The van der Waals surface area contributed by atoms with Crippen molar-refractivity contribution in [3.63, 3.8) is 0 Å². The van der Waals surface area contributed by atoms with Gasteiger partial charge in [-0.3, -0.25) is 4.98 Å². The van der Waals surface area contributed by atoms with Crippen LogP contribution in [0.3, 0.4) is 0 Å². The summed E-state index contributed by atoms with van der Waals surface area (Å²) in [6.07, 6.45) is 2.17. The summed E-state index contributed by atoms with van der Waals surface area (Å²) in [7, 11) is 0. The molecule has 1 aromatic carbocycles. The highest BCUT2D eigenvalue weighted by molar-refractivity contribution is 7.15. The van der Waals surface area contributed by atoms with E-state index in [9.17, 15) is 9.50 Å². The summed E-state index contributed by atoms with van der Waals surface area (Å²) in [5.41, 5.74) is 1.60. The van der Waals surface area contributed by atoms with Gasteiger partial charge in [-0.15, -0.1) is 11.3 Å². The first-order chi connectivity index (χ1) is 12.6. The Kier molecular flexibility index (Phi) is 4.36. The minimum Gasteiger partial charge on any atom is -0.383 e. The van der Waals surface area contributed by atoms with E-state index in [0.29, 0.717) is 22.6 Å². The van der Waals surface area contributed by atoms with Gasteiger partial charge < -0.3 is 9.63 Å². The van der Waals surface area contributed by atoms with Gasteiger partial charge in [-0.05, 0) is 37.3 Å². The molecular formula is C20H15FN2O2S. The Labute approximate surface area is 153 Å². The van der Waals surface area contributed by atoms with E-state index < -0.39 is 11.9 Å². The van der Waals surface area contributed by atoms with E-state index in [1.165, 1.54) is 17.4 Å². The first kappa shape index (κ1) is 16.6. The molecule has 0 fully saturated rings. The van der Waals surface area contributed by atoms with Crippen molar-refractivity contribution < 1.29 is 14.0 Å². The fourth-order valence-electron chi connectivity index (χ4n) is 2.84. The third-order valence-electron chi connectivity index (χ3n) is 4.09. The Balaban J connectivity index is 1.93. The lowest BCUT2D eigenvalue weighted by molar-refractivity contribution is 0.220. The molecular weight excluding hydrogens is 351 g/mol. The number of halogens is 1. The summed E-state index contributed by atoms with van der Waals surface area (Å²) in [5, 5.41) is 15.1. The highest BCUT2D eigenvalue weighted by Gasteiger charge is 2.28. The fraction of sp³-hybridized carbons (Fsp3) is 0.100. The van der Waals surface area contributed by atoms with Gasteiger partial charge in [-0.1, -0.05) is 23.4 Å². The predicted octanol–water partition coefficient (Wildman–Crippen LogP) is 4.99. The van der Waals surface area contributed by atoms with Crippen molar-refractivity contribution in [3.05, 3.63) is 82.7 Å². The molecule has 3 aromatic heterocycles. The third kappa shape index (κ3) is 2.94. The van der Waals surface area contributed by atoms with Crippen molar-refractivity contribution in [1.29, 1.82) is 0 Å². The van der Waals surface area contributed by atoms with Gasteiger partial charge in [0.1, 0.15) is 17.6 Å². The molecule has 26 heavy (non-hydrogen) atoms. The maximum Gasteiger partial charge on any atom is 0.183 e. The molecule has 130 valence electrons. The van der Waals surface area contributed by atoms with Crippen LogP contribution >= 0.6 is 11.3 Å². The zero-order chi connectivity index (χ0) is 18.1. The van der Waals surface area contributed by atoms with Crippen LogP contribution in [0.25, 0.3) is 21.9 Å². The van der Waals surface area contributed by atoms with Gasteiger partial charge in [0.05, 0.1) is 10.4 Å². The highest BCUT2D eigenvalue weighted by atomic mass is 32.1. The maximum atomic E-state index is 14.4. The Bertz CT molecular complexity index is 1040. The van der Waals surface area contributed by atoms with Gasteiger partial charge in [-0.25, -0.2) is 4.39 Å². The summed E-state index contributed by atoms with van der Waals surface area (Å²) in [5.74, 6) is 0.0204. The van der Waals surface area contributed by atoms with E-state index in [0.717, 1.165) is 9.75 Å². The van der Waals surface area contributed by atoms with Crippen LogP contribution < -0.4 is 0 Å². The molecule has 0 amide bonds. The second kappa shape index (κ2) is 6.82. The van der Waals surface area contributed by atoms with Crippen molar-refractivity contribution in [3.8, 4) is 21.9 Å². The molecule has 0 saturated carbocycles. The Morgan fingerprint density at radius 2 is 1.96 bits per heavy atom. The van der Waals surface area contributed by atoms with Crippen molar-refractivity contribution in [2.75, 3.05) is 0 Å².